The summed E-state index contributed by atoms with van der Waals surface area (Å²) in [4.78, 5) is 10.7. The van der Waals surface area contributed by atoms with E-state index in [0.29, 0.717) is 0 Å². The Bertz CT molecular complexity index is 448. The molecule has 82 valence electrons. The van der Waals surface area contributed by atoms with Gasteiger partial charge in [-0.2, -0.15) is 0 Å². The molecule has 0 heterocycles. The van der Waals surface area contributed by atoms with Crippen molar-refractivity contribution in [3.8, 4) is 0 Å². The van der Waals surface area contributed by atoms with Crippen LogP contribution in [-0.4, -0.2) is 4.92 Å². The maximum atomic E-state index is 11.0. The van der Waals surface area contributed by atoms with E-state index < -0.39 is 0 Å². The summed E-state index contributed by atoms with van der Waals surface area (Å²) in [6.45, 7) is 1.95. The second-order valence-electron chi connectivity index (χ2n) is 3.98. The lowest BCUT2D eigenvalue weighted by atomic mass is 9.88. The van der Waals surface area contributed by atoms with Crippen LogP contribution in [0.4, 0.5) is 0 Å². The Balaban J connectivity index is 2.38. The van der Waals surface area contributed by atoms with Crippen molar-refractivity contribution in [3.63, 3.8) is 0 Å². The SMILES string of the molecule is CC1C=CC(c2ccccc2)C([N+](=O)[O-])=C1. The smallest absolute Gasteiger partial charge is 0.254 e. The minimum Gasteiger partial charge on any atom is -0.259 e. The lowest BCUT2D eigenvalue weighted by molar-refractivity contribution is -0.429. The molecule has 2 rings (SSSR count). The molecule has 0 saturated carbocycles. The van der Waals surface area contributed by atoms with Crippen LogP contribution in [0, 0.1) is 16.0 Å². The molecule has 3 nitrogen and oxygen atoms in total. The van der Waals surface area contributed by atoms with Gasteiger partial charge >= 0.3 is 0 Å². The molecule has 0 fully saturated rings. The van der Waals surface area contributed by atoms with E-state index in [2.05, 4.69) is 0 Å². The largest absolute Gasteiger partial charge is 0.259 e. The summed E-state index contributed by atoms with van der Waals surface area (Å²) in [5, 5.41) is 11.0. The molecule has 0 amide bonds. The fraction of sp³-hybridized carbons (Fsp3) is 0.231. The summed E-state index contributed by atoms with van der Waals surface area (Å²) in [6, 6.07) is 9.55. The van der Waals surface area contributed by atoms with Crippen LogP contribution in [0.25, 0.3) is 0 Å². The standard InChI is InChI=1S/C13H13NO2/c1-10-7-8-12(13(9-10)14(15)16)11-5-3-2-4-6-11/h2-10,12H,1H3. The molecule has 1 aliphatic rings. The number of benzene rings is 1. The van der Waals surface area contributed by atoms with Crippen molar-refractivity contribution in [1.29, 1.82) is 0 Å². The van der Waals surface area contributed by atoms with Crippen LogP contribution in [0.3, 0.4) is 0 Å². The predicted molar refractivity (Wildman–Crippen MR) is 62.6 cm³/mol. The Morgan fingerprint density at radius 2 is 1.88 bits per heavy atom. The van der Waals surface area contributed by atoms with E-state index in [1.807, 2.05) is 49.4 Å². The van der Waals surface area contributed by atoms with Crippen molar-refractivity contribution in [3.05, 3.63) is 69.9 Å². The predicted octanol–water partition coefficient (Wildman–Crippen LogP) is 3.14. The first-order valence-corrected chi connectivity index (χ1v) is 5.28. The molecule has 2 atom stereocenters. The summed E-state index contributed by atoms with van der Waals surface area (Å²) >= 11 is 0. The lowest BCUT2D eigenvalue weighted by Gasteiger charge is -2.16. The third kappa shape index (κ3) is 2.03. The average Bonchev–Trinajstić information content (AvgIpc) is 2.30. The number of rotatable bonds is 2. The summed E-state index contributed by atoms with van der Waals surface area (Å²) < 4.78 is 0. The summed E-state index contributed by atoms with van der Waals surface area (Å²) in [6.07, 6.45) is 5.64. The van der Waals surface area contributed by atoms with E-state index in [4.69, 9.17) is 0 Å². The molecule has 16 heavy (non-hydrogen) atoms. The van der Waals surface area contributed by atoms with Gasteiger partial charge < -0.3 is 0 Å². The molecule has 1 aromatic rings. The van der Waals surface area contributed by atoms with E-state index in [1.54, 1.807) is 6.08 Å². The molecule has 0 aliphatic heterocycles. The monoisotopic (exact) mass is 215 g/mol. The van der Waals surface area contributed by atoms with Crippen LogP contribution in [0.15, 0.2) is 54.3 Å². The van der Waals surface area contributed by atoms with Crippen molar-refractivity contribution in [2.45, 2.75) is 12.8 Å². The molecule has 2 unspecified atom stereocenters. The molecule has 0 aromatic heterocycles. The molecule has 0 spiro atoms. The van der Waals surface area contributed by atoms with Crippen molar-refractivity contribution in [2.24, 2.45) is 5.92 Å². The van der Waals surface area contributed by atoms with Gasteiger partial charge in [-0.05, 0) is 17.6 Å². The topological polar surface area (TPSA) is 43.1 Å². The molecule has 1 aromatic carbocycles. The second-order valence-corrected chi connectivity index (χ2v) is 3.98. The quantitative estimate of drug-likeness (QED) is 0.432. The number of hydrogen-bond donors (Lipinski definition) is 0. The van der Waals surface area contributed by atoms with Crippen LogP contribution < -0.4 is 0 Å². The van der Waals surface area contributed by atoms with Gasteiger partial charge in [0.05, 0.1) is 10.8 Å². The van der Waals surface area contributed by atoms with E-state index >= 15 is 0 Å². The Kier molecular flexibility index (Phi) is 2.86. The van der Waals surface area contributed by atoms with Gasteiger partial charge in [0.1, 0.15) is 0 Å². The van der Waals surface area contributed by atoms with Gasteiger partial charge in [0.25, 0.3) is 5.70 Å². The van der Waals surface area contributed by atoms with Crippen LogP contribution >= 0.6 is 0 Å². The first-order valence-electron chi connectivity index (χ1n) is 5.28. The summed E-state index contributed by atoms with van der Waals surface area (Å²) in [7, 11) is 0. The summed E-state index contributed by atoms with van der Waals surface area (Å²) in [5.41, 5.74) is 1.25. The Morgan fingerprint density at radius 1 is 1.19 bits per heavy atom. The van der Waals surface area contributed by atoms with Crippen LogP contribution in [-0.2, 0) is 0 Å². The number of allylic oxidation sites excluding steroid dienone is 3. The van der Waals surface area contributed by atoms with Crippen LogP contribution in [0.2, 0.25) is 0 Å². The van der Waals surface area contributed by atoms with Crippen molar-refractivity contribution >= 4 is 0 Å². The van der Waals surface area contributed by atoms with Crippen molar-refractivity contribution < 1.29 is 4.92 Å². The first kappa shape index (κ1) is 10.6. The average molecular weight is 215 g/mol. The molecular weight excluding hydrogens is 202 g/mol. The van der Waals surface area contributed by atoms with Gasteiger partial charge in [0.2, 0.25) is 0 Å². The van der Waals surface area contributed by atoms with Gasteiger partial charge in [-0.25, -0.2) is 0 Å². The number of nitrogens with zero attached hydrogens (tertiary/aromatic N) is 1. The first-order chi connectivity index (χ1) is 7.68. The molecule has 0 N–H and O–H groups in total. The molecule has 0 saturated heterocycles. The summed E-state index contributed by atoms with van der Waals surface area (Å²) in [5.74, 6) is -0.0761. The van der Waals surface area contributed by atoms with E-state index in [-0.39, 0.29) is 22.5 Å². The zero-order valence-electron chi connectivity index (χ0n) is 9.04. The maximum Gasteiger partial charge on any atom is 0.254 e. The van der Waals surface area contributed by atoms with Crippen LogP contribution in [0.1, 0.15) is 18.4 Å². The maximum absolute atomic E-state index is 11.0. The Hall–Kier alpha value is -1.90. The highest BCUT2D eigenvalue weighted by molar-refractivity contribution is 5.34. The van der Waals surface area contributed by atoms with E-state index in [9.17, 15) is 10.1 Å². The van der Waals surface area contributed by atoms with Crippen LogP contribution in [0.5, 0.6) is 0 Å². The highest BCUT2D eigenvalue weighted by Gasteiger charge is 2.27. The van der Waals surface area contributed by atoms with Crippen molar-refractivity contribution in [1.82, 2.24) is 0 Å². The van der Waals surface area contributed by atoms with E-state index in [0.717, 1.165) is 5.56 Å². The number of hydrogen-bond acceptors (Lipinski definition) is 2. The molecule has 0 radical (unpaired) electrons. The van der Waals surface area contributed by atoms with Gasteiger partial charge in [-0.1, -0.05) is 49.4 Å². The van der Waals surface area contributed by atoms with Gasteiger partial charge in [0.15, 0.2) is 0 Å². The van der Waals surface area contributed by atoms with Gasteiger partial charge in [-0.3, -0.25) is 10.1 Å². The van der Waals surface area contributed by atoms with E-state index in [1.165, 1.54) is 0 Å². The highest BCUT2D eigenvalue weighted by Crippen LogP contribution is 2.31. The Morgan fingerprint density at radius 3 is 2.50 bits per heavy atom. The molecule has 0 bridgehead atoms. The zero-order valence-corrected chi connectivity index (χ0v) is 9.04. The minimum absolute atomic E-state index is 0.139. The highest BCUT2D eigenvalue weighted by atomic mass is 16.6. The van der Waals surface area contributed by atoms with Crippen molar-refractivity contribution in [2.75, 3.05) is 0 Å². The molecule has 1 aliphatic carbocycles. The van der Waals surface area contributed by atoms with Gasteiger partial charge in [-0.15, -0.1) is 0 Å². The fourth-order valence-electron chi connectivity index (χ4n) is 1.93. The lowest BCUT2D eigenvalue weighted by Crippen LogP contribution is -2.13. The third-order valence-corrected chi connectivity index (χ3v) is 2.73. The van der Waals surface area contributed by atoms with Gasteiger partial charge in [0, 0.05) is 0 Å². The second kappa shape index (κ2) is 4.31. The zero-order chi connectivity index (χ0) is 11.5. The Labute approximate surface area is 94.3 Å². The fourth-order valence-corrected chi connectivity index (χ4v) is 1.93. The normalized spacial score (nSPS) is 23.9. The molecular formula is C13H13NO2. The third-order valence-electron chi connectivity index (χ3n) is 2.73. The molecule has 3 heteroatoms. The number of nitro groups is 1. The minimum atomic E-state index is -0.280.